The Balaban J connectivity index is 2.42. The van der Waals surface area contributed by atoms with E-state index in [0.717, 1.165) is 5.69 Å². The maximum Gasteiger partial charge on any atom is 0.265 e. The van der Waals surface area contributed by atoms with Gasteiger partial charge in [-0.1, -0.05) is 23.7 Å². The molecule has 1 aromatic heterocycles. The first-order valence-electron chi connectivity index (χ1n) is 5.81. The molecular formula is C13H14ClN3O2S. The number of para-hydroxylation sites is 2. The molecule has 1 heterocycles. The van der Waals surface area contributed by atoms with Gasteiger partial charge in [0.2, 0.25) is 0 Å². The van der Waals surface area contributed by atoms with E-state index in [9.17, 15) is 8.42 Å². The maximum atomic E-state index is 12.3. The fourth-order valence-electron chi connectivity index (χ4n) is 1.72. The summed E-state index contributed by atoms with van der Waals surface area (Å²) in [6.45, 7) is 0. The SMILES string of the molecule is CN(C)c1ccccc1NS(=O)(=O)c1cccnc1Cl. The first-order chi connectivity index (χ1) is 9.42. The highest BCUT2D eigenvalue weighted by molar-refractivity contribution is 7.92. The molecule has 0 bridgehead atoms. The molecule has 0 saturated heterocycles. The third kappa shape index (κ3) is 3.02. The smallest absolute Gasteiger partial charge is 0.265 e. The van der Waals surface area contributed by atoms with E-state index in [-0.39, 0.29) is 10.0 Å². The highest BCUT2D eigenvalue weighted by Crippen LogP contribution is 2.27. The van der Waals surface area contributed by atoms with Crippen molar-refractivity contribution in [3.05, 3.63) is 47.7 Å². The first kappa shape index (κ1) is 14.6. The van der Waals surface area contributed by atoms with E-state index in [1.807, 2.05) is 31.1 Å². The summed E-state index contributed by atoms with van der Waals surface area (Å²) in [6.07, 6.45) is 1.44. The minimum absolute atomic E-state index is 0.0461. The van der Waals surface area contributed by atoms with Crippen LogP contribution in [0.1, 0.15) is 0 Å². The molecule has 0 unspecified atom stereocenters. The molecule has 5 nitrogen and oxygen atoms in total. The number of rotatable bonds is 4. The number of benzene rings is 1. The number of aromatic nitrogens is 1. The van der Waals surface area contributed by atoms with Gasteiger partial charge in [0.25, 0.3) is 10.0 Å². The number of hydrogen-bond acceptors (Lipinski definition) is 4. The van der Waals surface area contributed by atoms with Crippen LogP contribution >= 0.6 is 11.6 Å². The normalized spacial score (nSPS) is 11.2. The predicted molar refractivity (Wildman–Crippen MR) is 80.8 cm³/mol. The van der Waals surface area contributed by atoms with Crippen molar-refractivity contribution >= 4 is 33.0 Å². The Bertz CT molecular complexity index is 717. The third-order valence-electron chi connectivity index (χ3n) is 2.64. The van der Waals surface area contributed by atoms with Gasteiger partial charge in [0.15, 0.2) is 0 Å². The fraction of sp³-hybridized carbons (Fsp3) is 0.154. The van der Waals surface area contributed by atoms with Gasteiger partial charge in [-0.05, 0) is 24.3 Å². The minimum Gasteiger partial charge on any atom is -0.376 e. The fourth-order valence-corrected chi connectivity index (χ4v) is 3.25. The number of pyridine rings is 1. The van der Waals surface area contributed by atoms with Crippen molar-refractivity contribution in [3.8, 4) is 0 Å². The lowest BCUT2D eigenvalue weighted by Crippen LogP contribution is -2.17. The van der Waals surface area contributed by atoms with Crippen LogP contribution < -0.4 is 9.62 Å². The molecule has 0 atom stereocenters. The van der Waals surface area contributed by atoms with E-state index in [4.69, 9.17) is 11.6 Å². The van der Waals surface area contributed by atoms with Gasteiger partial charge < -0.3 is 4.90 Å². The molecule has 0 spiro atoms. The van der Waals surface area contributed by atoms with Crippen molar-refractivity contribution in [1.29, 1.82) is 0 Å². The molecule has 1 N–H and O–H groups in total. The van der Waals surface area contributed by atoms with Crippen LogP contribution in [0, 0.1) is 0 Å². The predicted octanol–water partition coefficient (Wildman–Crippen LogP) is 2.60. The summed E-state index contributed by atoms with van der Waals surface area (Å²) in [6, 6.07) is 10.0. The first-order valence-corrected chi connectivity index (χ1v) is 7.67. The number of halogens is 1. The lowest BCUT2D eigenvalue weighted by molar-refractivity contribution is 0.601. The van der Waals surface area contributed by atoms with Gasteiger partial charge in [-0.15, -0.1) is 0 Å². The van der Waals surface area contributed by atoms with Crippen molar-refractivity contribution in [2.24, 2.45) is 0 Å². The molecular weight excluding hydrogens is 298 g/mol. The van der Waals surface area contributed by atoms with Gasteiger partial charge in [-0.3, -0.25) is 4.72 Å². The number of anilines is 2. The van der Waals surface area contributed by atoms with Crippen molar-refractivity contribution in [3.63, 3.8) is 0 Å². The monoisotopic (exact) mass is 311 g/mol. The quantitative estimate of drug-likeness (QED) is 0.882. The van der Waals surface area contributed by atoms with Crippen molar-refractivity contribution in [2.45, 2.75) is 4.90 Å². The highest BCUT2D eigenvalue weighted by Gasteiger charge is 2.19. The number of sulfonamides is 1. The topological polar surface area (TPSA) is 62.3 Å². The third-order valence-corrected chi connectivity index (χ3v) is 4.45. The van der Waals surface area contributed by atoms with Gasteiger partial charge in [-0.25, -0.2) is 13.4 Å². The Morgan fingerprint density at radius 3 is 2.50 bits per heavy atom. The maximum absolute atomic E-state index is 12.3. The van der Waals surface area contributed by atoms with Crippen LogP contribution in [-0.2, 0) is 10.0 Å². The van der Waals surface area contributed by atoms with Crippen LogP contribution in [0.15, 0.2) is 47.5 Å². The van der Waals surface area contributed by atoms with Crippen molar-refractivity contribution in [1.82, 2.24) is 4.98 Å². The number of nitrogens with one attached hydrogen (secondary N) is 1. The Kier molecular flexibility index (Phi) is 4.15. The van der Waals surface area contributed by atoms with Crippen LogP contribution in [0.2, 0.25) is 5.15 Å². The molecule has 7 heteroatoms. The van der Waals surface area contributed by atoms with Crippen LogP contribution in [0.3, 0.4) is 0 Å². The molecule has 0 aliphatic carbocycles. The summed E-state index contributed by atoms with van der Waals surface area (Å²) < 4.78 is 27.2. The van der Waals surface area contributed by atoms with Crippen molar-refractivity contribution < 1.29 is 8.42 Å². The van der Waals surface area contributed by atoms with E-state index < -0.39 is 10.0 Å². The zero-order chi connectivity index (χ0) is 14.8. The second-order valence-electron chi connectivity index (χ2n) is 4.31. The van der Waals surface area contributed by atoms with Gasteiger partial charge >= 0.3 is 0 Å². The zero-order valence-electron chi connectivity index (χ0n) is 11.0. The second kappa shape index (κ2) is 5.68. The van der Waals surface area contributed by atoms with Crippen molar-refractivity contribution in [2.75, 3.05) is 23.7 Å². The lowest BCUT2D eigenvalue weighted by Gasteiger charge is -2.18. The molecule has 1 aromatic carbocycles. The van der Waals surface area contributed by atoms with Crippen LogP contribution in [0.25, 0.3) is 0 Å². The van der Waals surface area contributed by atoms with Crippen LogP contribution in [0.4, 0.5) is 11.4 Å². The Labute approximate surface area is 123 Å². The molecule has 0 amide bonds. The zero-order valence-corrected chi connectivity index (χ0v) is 12.6. The van der Waals surface area contributed by atoms with E-state index >= 15 is 0 Å². The molecule has 0 radical (unpaired) electrons. The summed E-state index contributed by atoms with van der Waals surface area (Å²) >= 11 is 5.84. The molecule has 2 aromatic rings. The standard InChI is InChI=1S/C13H14ClN3O2S/c1-17(2)11-7-4-3-6-10(11)16-20(18,19)12-8-5-9-15-13(12)14/h3-9,16H,1-2H3. The minimum atomic E-state index is -3.77. The van der Waals surface area contributed by atoms with E-state index in [2.05, 4.69) is 9.71 Å². The molecule has 2 rings (SSSR count). The summed E-state index contributed by atoms with van der Waals surface area (Å²) in [5, 5.41) is -0.0534. The highest BCUT2D eigenvalue weighted by atomic mass is 35.5. The molecule has 20 heavy (non-hydrogen) atoms. The van der Waals surface area contributed by atoms with Crippen LogP contribution in [-0.4, -0.2) is 27.5 Å². The van der Waals surface area contributed by atoms with E-state index in [1.54, 1.807) is 12.1 Å². The molecule has 0 aliphatic rings. The van der Waals surface area contributed by atoms with Crippen LogP contribution in [0.5, 0.6) is 0 Å². The molecule has 106 valence electrons. The second-order valence-corrected chi connectivity index (χ2v) is 6.32. The summed E-state index contributed by atoms with van der Waals surface area (Å²) in [7, 11) is -0.0962. The molecule has 0 fully saturated rings. The van der Waals surface area contributed by atoms with E-state index in [0.29, 0.717) is 5.69 Å². The molecule has 0 saturated carbocycles. The average Bonchev–Trinajstić information content (AvgIpc) is 2.39. The number of hydrogen-bond donors (Lipinski definition) is 1. The summed E-state index contributed by atoms with van der Waals surface area (Å²) in [5.74, 6) is 0. The molecule has 0 aliphatic heterocycles. The summed E-state index contributed by atoms with van der Waals surface area (Å²) in [5.41, 5.74) is 1.24. The van der Waals surface area contributed by atoms with Gasteiger partial charge in [0.05, 0.1) is 11.4 Å². The Morgan fingerprint density at radius 2 is 1.85 bits per heavy atom. The summed E-state index contributed by atoms with van der Waals surface area (Å²) in [4.78, 5) is 5.56. The van der Waals surface area contributed by atoms with Gasteiger partial charge in [0.1, 0.15) is 10.0 Å². The van der Waals surface area contributed by atoms with E-state index in [1.165, 1.54) is 18.3 Å². The van der Waals surface area contributed by atoms with Gasteiger partial charge in [-0.2, -0.15) is 0 Å². The number of nitrogens with zero attached hydrogens (tertiary/aromatic N) is 2. The Hall–Kier alpha value is -1.79. The average molecular weight is 312 g/mol. The lowest BCUT2D eigenvalue weighted by atomic mass is 10.2. The largest absolute Gasteiger partial charge is 0.376 e. The Morgan fingerprint density at radius 1 is 1.15 bits per heavy atom. The van der Waals surface area contributed by atoms with Gasteiger partial charge in [0, 0.05) is 20.3 Å².